The number of rotatable bonds is 9. The van der Waals surface area contributed by atoms with Crippen molar-refractivity contribution in [3.63, 3.8) is 0 Å². The van der Waals surface area contributed by atoms with E-state index in [1.54, 1.807) is 48.5 Å². The largest absolute Gasteiger partial charge is 0.462 e. The Hall–Kier alpha value is -2.71. The summed E-state index contributed by atoms with van der Waals surface area (Å²) in [5, 5.41) is 2.80. The summed E-state index contributed by atoms with van der Waals surface area (Å²) in [6.07, 6.45) is 3.32. The van der Waals surface area contributed by atoms with Crippen LogP contribution in [-0.2, 0) is 26.0 Å². The first kappa shape index (κ1) is 23.0. The van der Waals surface area contributed by atoms with Gasteiger partial charge in [-0.1, -0.05) is 19.1 Å². The van der Waals surface area contributed by atoms with Crippen LogP contribution in [-0.4, -0.2) is 44.3 Å². The van der Waals surface area contributed by atoms with Gasteiger partial charge in [-0.25, -0.2) is 13.2 Å². The standard InChI is InChI=1S/C23H28N2O5S/c1-2-17-30-23(27)19-8-10-20(11-9-19)24-22(26)14-7-18-5-12-21(13-6-18)31(28,29)25-15-3-4-16-25/h5-6,8-13H,2-4,7,14-17H2,1H3,(H,24,26). The van der Waals surface area contributed by atoms with Crippen LogP contribution in [0.5, 0.6) is 0 Å². The molecule has 0 aliphatic carbocycles. The van der Waals surface area contributed by atoms with Crippen LogP contribution >= 0.6 is 0 Å². The van der Waals surface area contributed by atoms with Gasteiger partial charge in [0.2, 0.25) is 15.9 Å². The zero-order chi connectivity index (χ0) is 22.3. The fraction of sp³-hybridized carbons (Fsp3) is 0.391. The topological polar surface area (TPSA) is 92.8 Å². The molecule has 2 aromatic carbocycles. The molecule has 1 N–H and O–H groups in total. The Bertz CT molecular complexity index is 995. The monoisotopic (exact) mass is 444 g/mol. The molecule has 1 aliphatic rings. The molecule has 1 saturated heterocycles. The van der Waals surface area contributed by atoms with Crippen LogP contribution in [0.25, 0.3) is 0 Å². The van der Waals surface area contributed by atoms with Gasteiger partial charge in [0.05, 0.1) is 17.1 Å². The van der Waals surface area contributed by atoms with Crippen LogP contribution in [0.1, 0.15) is 48.5 Å². The van der Waals surface area contributed by atoms with Crippen molar-refractivity contribution < 1.29 is 22.7 Å². The molecule has 1 aliphatic heterocycles. The van der Waals surface area contributed by atoms with E-state index in [4.69, 9.17) is 4.74 Å². The Morgan fingerprint density at radius 3 is 2.26 bits per heavy atom. The lowest BCUT2D eigenvalue weighted by molar-refractivity contribution is -0.116. The van der Waals surface area contributed by atoms with E-state index in [9.17, 15) is 18.0 Å². The number of carbonyl (C=O) groups is 2. The quantitative estimate of drug-likeness (QED) is 0.597. The SMILES string of the molecule is CCCOC(=O)c1ccc(NC(=O)CCc2ccc(S(=O)(=O)N3CCCC3)cc2)cc1. The molecule has 1 heterocycles. The molecule has 0 bridgehead atoms. The van der Waals surface area contributed by atoms with Gasteiger partial charge in [-0.3, -0.25) is 4.79 Å². The summed E-state index contributed by atoms with van der Waals surface area (Å²) in [7, 11) is -3.42. The predicted octanol–water partition coefficient (Wildman–Crippen LogP) is 3.61. The van der Waals surface area contributed by atoms with E-state index in [1.807, 2.05) is 6.92 Å². The number of sulfonamides is 1. The Kier molecular flexibility index (Phi) is 7.81. The molecular weight excluding hydrogens is 416 g/mol. The number of nitrogens with zero attached hydrogens (tertiary/aromatic N) is 1. The maximum atomic E-state index is 12.6. The van der Waals surface area contributed by atoms with E-state index in [0.29, 0.717) is 42.3 Å². The summed E-state index contributed by atoms with van der Waals surface area (Å²) < 4.78 is 31.7. The van der Waals surface area contributed by atoms with Crippen molar-refractivity contribution in [2.24, 2.45) is 0 Å². The van der Waals surface area contributed by atoms with Crippen molar-refractivity contribution in [1.29, 1.82) is 0 Å². The number of ether oxygens (including phenoxy) is 1. The number of nitrogens with one attached hydrogen (secondary N) is 1. The van der Waals surface area contributed by atoms with Crippen LogP contribution in [0.3, 0.4) is 0 Å². The van der Waals surface area contributed by atoms with Crippen LogP contribution in [0.15, 0.2) is 53.4 Å². The first-order valence-electron chi connectivity index (χ1n) is 10.6. The molecule has 1 amide bonds. The van der Waals surface area contributed by atoms with Crippen molar-refractivity contribution >= 4 is 27.6 Å². The van der Waals surface area contributed by atoms with Crippen molar-refractivity contribution in [2.75, 3.05) is 25.0 Å². The van der Waals surface area contributed by atoms with Gasteiger partial charge in [-0.2, -0.15) is 4.31 Å². The fourth-order valence-electron chi connectivity index (χ4n) is 3.35. The van der Waals surface area contributed by atoms with Crippen molar-refractivity contribution in [3.05, 3.63) is 59.7 Å². The third-order valence-corrected chi connectivity index (χ3v) is 7.02. The van der Waals surface area contributed by atoms with E-state index >= 15 is 0 Å². The molecule has 166 valence electrons. The summed E-state index contributed by atoms with van der Waals surface area (Å²) in [5.41, 5.74) is 1.93. The summed E-state index contributed by atoms with van der Waals surface area (Å²) in [4.78, 5) is 24.3. The van der Waals surface area contributed by atoms with Gasteiger partial charge in [0.25, 0.3) is 0 Å². The molecule has 0 radical (unpaired) electrons. The van der Waals surface area contributed by atoms with Crippen LogP contribution in [0.4, 0.5) is 5.69 Å². The lowest BCUT2D eigenvalue weighted by atomic mass is 10.1. The second kappa shape index (κ2) is 10.5. The van der Waals surface area contributed by atoms with E-state index in [2.05, 4.69) is 5.32 Å². The minimum absolute atomic E-state index is 0.157. The Morgan fingerprint density at radius 2 is 1.65 bits per heavy atom. The van der Waals surface area contributed by atoms with E-state index in [1.165, 1.54) is 4.31 Å². The number of anilines is 1. The van der Waals surface area contributed by atoms with Gasteiger partial charge < -0.3 is 10.1 Å². The third kappa shape index (κ3) is 6.15. The number of hydrogen-bond donors (Lipinski definition) is 1. The van der Waals surface area contributed by atoms with Crippen molar-refractivity contribution in [1.82, 2.24) is 4.31 Å². The van der Waals surface area contributed by atoms with Gasteiger partial charge in [0.15, 0.2) is 0 Å². The number of carbonyl (C=O) groups excluding carboxylic acids is 2. The molecule has 0 spiro atoms. The highest BCUT2D eigenvalue weighted by molar-refractivity contribution is 7.89. The van der Waals surface area contributed by atoms with Crippen molar-refractivity contribution in [2.45, 2.75) is 43.9 Å². The van der Waals surface area contributed by atoms with E-state index in [0.717, 1.165) is 24.8 Å². The molecule has 0 saturated carbocycles. The molecule has 0 atom stereocenters. The smallest absolute Gasteiger partial charge is 0.338 e. The molecule has 7 nitrogen and oxygen atoms in total. The molecule has 3 rings (SSSR count). The minimum atomic E-state index is -3.42. The van der Waals surface area contributed by atoms with Gasteiger partial charge in [-0.15, -0.1) is 0 Å². The van der Waals surface area contributed by atoms with Gasteiger partial charge in [0, 0.05) is 25.2 Å². The maximum absolute atomic E-state index is 12.6. The molecule has 31 heavy (non-hydrogen) atoms. The first-order valence-corrected chi connectivity index (χ1v) is 12.0. The molecular formula is C23H28N2O5S. The second-order valence-corrected chi connectivity index (χ2v) is 9.45. The third-order valence-electron chi connectivity index (χ3n) is 5.11. The highest BCUT2D eigenvalue weighted by Crippen LogP contribution is 2.21. The number of aryl methyl sites for hydroxylation is 1. The van der Waals surface area contributed by atoms with Crippen LogP contribution < -0.4 is 5.32 Å². The number of esters is 1. The summed E-state index contributed by atoms with van der Waals surface area (Å²) >= 11 is 0. The normalized spacial score (nSPS) is 14.4. The zero-order valence-corrected chi connectivity index (χ0v) is 18.5. The van der Waals surface area contributed by atoms with E-state index in [-0.39, 0.29) is 18.3 Å². The van der Waals surface area contributed by atoms with Gasteiger partial charge >= 0.3 is 5.97 Å². The summed E-state index contributed by atoms with van der Waals surface area (Å²) in [5.74, 6) is -0.537. The van der Waals surface area contributed by atoms with E-state index < -0.39 is 10.0 Å². The maximum Gasteiger partial charge on any atom is 0.338 e. The summed E-state index contributed by atoms with van der Waals surface area (Å²) in [6, 6.07) is 13.3. The lowest BCUT2D eigenvalue weighted by Gasteiger charge is -2.15. The number of hydrogen-bond acceptors (Lipinski definition) is 5. The number of amides is 1. The predicted molar refractivity (Wildman–Crippen MR) is 118 cm³/mol. The van der Waals surface area contributed by atoms with Crippen LogP contribution in [0.2, 0.25) is 0 Å². The molecule has 2 aromatic rings. The molecule has 0 unspecified atom stereocenters. The lowest BCUT2D eigenvalue weighted by Crippen LogP contribution is -2.27. The number of benzene rings is 2. The first-order chi connectivity index (χ1) is 14.9. The fourth-order valence-corrected chi connectivity index (χ4v) is 4.87. The van der Waals surface area contributed by atoms with Crippen LogP contribution in [0, 0.1) is 0 Å². The van der Waals surface area contributed by atoms with Crippen molar-refractivity contribution in [3.8, 4) is 0 Å². The Labute approximate surface area is 183 Å². The Balaban J connectivity index is 1.50. The highest BCUT2D eigenvalue weighted by atomic mass is 32.2. The molecule has 0 aromatic heterocycles. The zero-order valence-electron chi connectivity index (χ0n) is 17.7. The average molecular weight is 445 g/mol. The minimum Gasteiger partial charge on any atom is -0.462 e. The van der Waals surface area contributed by atoms with Gasteiger partial charge in [-0.05, 0) is 67.6 Å². The molecule has 8 heteroatoms. The highest BCUT2D eigenvalue weighted by Gasteiger charge is 2.26. The average Bonchev–Trinajstić information content (AvgIpc) is 3.33. The second-order valence-electron chi connectivity index (χ2n) is 7.52. The Morgan fingerprint density at radius 1 is 1.00 bits per heavy atom. The van der Waals surface area contributed by atoms with Gasteiger partial charge in [0.1, 0.15) is 0 Å². The summed E-state index contributed by atoms with van der Waals surface area (Å²) in [6.45, 7) is 3.45. The molecule has 1 fully saturated rings.